The summed E-state index contributed by atoms with van der Waals surface area (Å²) in [5, 5.41) is 2.83. The van der Waals surface area contributed by atoms with Crippen LogP contribution in [0.15, 0.2) is 60.7 Å². The van der Waals surface area contributed by atoms with E-state index in [1.807, 2.05) is 6.07 Å². The average Bonchev–Trinajstić information content (AvgIpc) is 3.08. The lowest BCUT2D eigenvalue weighted by molar-refractivity contribution is -0.116. The molecule has 0 bridgehead atoms. The summed E-state index contributed by atoms with van der Waals surface area (Å²) in [5.74, 6) is -0.550. The first-order valence-electron chi connectivity index (χ1n) is 10.9. The van der Waals surface area contributed by atoms with Gasteiger partial charge in [0.15, 0.2) is 0 Å². The number of carbonyl (C=O) groups is 4. The van der Waals surface area contributed by atoms with E-state index in [0.29, 0.717) is 41.3 Å². The van der Waals surface area contributed by atoms with Crippen molar-refractivity contribution in [2.24, 2.45) is 0 Å². The molecule has 8 nitrogen and oxygen atoms in total. The van der Waals surface area contributed by atoms with Gasteiger partial charge in [-0.15, -0.1) is 0 Å². The van der Waals surface area contributed by atoms with Gasteiger partial charge in [-0.3, -0.25) is 14.4 Å². The largest absolute Gasteiger partial charge is 0.462 e. The highest BCUT2D eigenvalue weighted by atomic mass is 16.5. The van der Waals surface area contributed by atoms with Crippen molar-refractivity contribution in [1.82, 2.24) is 0 Å². The molecule has 3 amide bonds. The van der Waals surface area contributed by atoms with Gasteiger partial charge in [-0.1, -0.05) is 6.07 Å². The molecule has 0 aliphatic carbocycles. The van der Waals surface area contributed by atoms with Crippen LogP contribution < -0.4 is 15.0 Å². The topological polar surface area (TPSA) is 102 Å². The summed E-state index contributed by atoms with van der Waals surface area (Å²) in [6.45, 7) is 1.97. The second-order valence-electron chi connectivity index (χ2n) is 7.89. The Morgan fingerprint density at radius 2 is 1.59 bits per heavy atom. The van der Waals surface area contributed by atoms with Crippen molar-refractivity contribution in [3.8, 4) is 11.5 Å². The maximum atomic E-state index is 13.1. The SMILES string of the molecule is CCOC(=O)c1ccc(N2C(=O)c3ccc(Oc4ccc5c(c4)NC(=O)CC5)cc3C2=O)cc1. The lowest BCUT2D eigenvalue weighted by Gasteiger charge is -2.17. The molecule has 0 atom stereocenters. The Kier molecular flexibility index (Phi) is 5.33. The molecule has 0 saturated heterocycles. The number of hydrogen-bond acceptors (Lipinski definition) is 6. The Bertz CT molecular complexity index is 1350. The Labute approximate surface area is 195 Å². The maximum absolute atomic E-state index is 13.1. The highest BCUT2D eigenvalue weighted by Gasteiger charge is 2.37. The number of hydrogen-bond donors (Lipinski definition) is 1. The molecule has 8 heteroatoms. The summed E-state index contributed by atoms with van der Waals surface area (Å²) in [6.07, 6.45) is 1.13. The summed E-state index contributed by atoms with van der Waals surface area (Å²) >= 11 is 0. The smallest absolute Gasteiger partial charge is 0.338 e. The van der Waals surface area contributed by atoms with Crippen LogP contribution in [0.3, 0.4) is 0 Å². The molecule has 0 unspecified atom stereocenters. The second-order valence-corrected chi connectivity index (χ2v) is 7.89. The lowest BCUT2D eigenvalue weighted by atomic mass is 10.0. The summed E-state index contributed by atoms with van der Waals surface area (Å²) < 4.78 is 10.9. The molecule has 0 spiro atoms. The molecule has 1 N–H and O–H groups in total. The Balaban J connectivity index is 1.37. The van der Waals surface area contributed by atoms with Crippen LogP contribution in [0.2, 0.25) is 0 Å². The number of fused-ring (bicyclic) bond motifs is 2. The fourth-order valence-electron chi connectivity index (χ4n) is 4.03. The zero-order valence-corrected chi connectivity index (χ0v) is 18.3. The second kappa shape index (κ2) is 8.47. The van der Waals surface area contributed by atoms with Gasteiger partial charge in [0.05, 0.1) is 29.0 Å². The maximum Gasteiger partial charge on any atom is 0.338 e. The van der Waals surface area contributed by atoms with Crippen molar-refractivity contribution in [1.29, 1.82) is 0 Å². The standard InChI is InChI=1S/C26H20N2O6/c1-2-33-26(32)16-3-7-17(8-4-16)28-24(30)20-11-10-18(13-21(20)25(28)31)34-19-9-5-15-6-12-23(29)27-22(15)14-19/h3-5,7-11,13-14H,2,6,12H2,1H3,(H,27,29). The van der Waals surface area contributed by atoms with Gasteiger partial charge in [-0.2, -0.15) is 0 Å². The number of carbonyl (C=O) groups excluding carboxylic acids is 4. The van der Waals surface area contributed by atoms with E-state index in [9.17, 15) is 19.2 Å². The van der Waals surface area contributed by atoms with Crippen molar-refractivity contribution in [2.45, 2.75) is 19.8 Å². The van der Waals surface area contributed by atoms with E-state index < -0.39 is 17.8 Å². The molecule has 2 aliphatic heterocycles. The first-order chi connectivity index (χ1) is 16.4. The van der Waals surface area contributed by atoms with Crippen LogP contribution in [0.5, 0.6) is 11.5 Å². The van der Waals surface area contributed by atoms with Crippen LogP contribution in [0.4, 0.5) is 11.4 Å². The van der Waals surface area contributed by atoms with Crippen molar-refractivity contribution < 1.29 is 28.7 Å². The fourth-order valence-corrected chi connectivity index (χ4v) is 4.03. The third-order valence-corrected chi connectivity index (χ3v) is 5.71. The number of amides is 3. The number of nitrogens with zero attached hydrogens (tertiary/aromatic N) is 1. The number of aryl methyl sites for hydroxylation is 1. The zero-order valence-electron chi connectivity index (χ0n) is 18.3. The van der Waals surface area contributed by atoms with Crippen LogP contribution in [0.25, 0.3) is 0 Å². The van der Waals surface area contributed by atoms with Gasteiger partial charge in [0.1, 0.15) is 11.5 Å². The van der Waals surface area contributed by atoms with E-state index in [0.717, 1.165) is 10.5 Å². The Hall–Kier alpha value is -4.46. The van der Waals surface area contributed by atoms with Crippen molar-refractivity contribution in [3.05, 3.63) is 82.9 Å². The minimum absolute atomic E-state index is 0.0401. The molecule has 0 radical (unpaired) electrons. The van der Waals surface area contributed by atoms with Gasteiger partial charge in [0.2, 0.25) is 5.91 Å². The van der Waals surface area contributed by atoms with E-state index in [1.54, 1.807) is 31.2 Å². The van der Waals surface area contributed by atoms with Gasteiger partial charge in [0, 0.05) is 18.2 Å². The minimum atomic E-state index is -0.480. The first-order valence-corrected chi connectivity index (χ1v) is 10.9. The molecule has 2 aliphatic rings. The summed E-state index contributed by atoms with van der Waals surface area (Å²) in [6, 6.07) is 16.2. The van der Waals surface area contributed by atoms with Crippen LogP contribution >= 0.6 is 0 Å². The number of nitrogens with one attached hydrogen (secondary N) is 1. The summed E-state index contributed by atoms with van der Waals surface area (Å²) in [4.78, 5) is 50.6. The van der Waals surface area contributed by atoms with E-state index in [4.69, 9.17) is 9.47 Å². The fraction of sp³-hybridized carbons (Fsp3) is 0.154. The third-order valence-electron chi connectivity index (χ3n) is 5.71. The first kappa shape index (κ1) is 21.4. The molecule has 3 aromatic carbocycles. The summed E-state index contributed by atoms with van der Waals surface area (Å²) in [7, 11) is 0. The molecule has 5 rings (SSSR count). The van der Waals surface area contributed by atoms with Crippen LogP contribution in [0.1, 0.15) is 50.0 Å². The highest BCUT2D eigenvalue weighted by Crippen LogP contribution is 2.34. The van der Waals surface area contributed by atoms with Crippen molar-refractivity contribution in [2.75, 3.05) is 16.8 Å². The molecule has 2 heterocycles. The predicted molar refractivity (Wildman–Crippen MR) is 123 cm³/mol. The molecule has 34 heavy (non-hydrogen) atoms. The normalized spacial score (nSPS) is 14.4. The molecule has 0 aromatic heterocycles. The molecular formula is C26H20N2O6. The molecule has 0 fully saturated rings. The third kappa shape index (κ3) is 3.79. The minimum Gasteiger partial charge on any atom is -0.462 e. The van der Waals surface area contributed by atoms with Crippen molar-refractivity contribution in [3.63, 3.8) is 0 Å². The number of anilines is 2. The number of benzene rings is 3. The van der Waals surface area contributed by atoms with Gasteiger partial charge < -0.3 is 14.8 Å². The zero-order chi connectivity index (χ0) is 23.8. The molecule has 170 valence electrons. The monoisotopic (exact) mass is 456 g/mol. The molecule has 3 aromatic rings. The van der Waals surface area contributed by atoms with Gasteiger partial charge in [0.25, 0.3) is 11.8 Å². The molecular weight excluding hydrogens is 436 g/mol. The van der Waals surface area contributed by atoms with Gasteiger partial charge in [-0.05, 0) is 67.4 Å². The molecule has 0 saturated carbocycles. The van der Waals surface area contributed by atoms with Crippen LogP contribution in [0, 0.1) is 0 Å². The lowest BCUT2D eigenvalue weighted by Crippen LogP contribution is -2.29. The number of imide groups is 1. The highest BCUT2D eigenvalue weighted by molar-refractivity contribution is 6.34. The number of ether oxygens (including phenoxy) is 2. The van der Waals surface area contributed by atoms with E-state index in [1.165, 1.54) is 30.3 Å². The summed E-state index contributed by atoms with van der Waals surface area (Å²) in [5.41, 5.74) is 2.92. The Morgan fingerprint density at radius 3 is 2.35 bits per heavy atom. The van der Waals surface area contributed by atoms with E-state index >= 15 is 0 Å². The van der Waals surface area contributed by atoms with Gasteiger partial charge in [-0.25, -0.2) is 9.69 Å². The average molecular weight is 456 g/mol. The predicted octanol–water partition coefficient (Wildman–Crippen LogP) is 4.34. The van der Waals surface area contributed by atoms with Crippen LogP contribution in [-0.4, -0.2) is 30.3 Å². The number of esters is 1. The van der Waals surface area contributed by atoms with Crippen LogP contribution in [-0.2, 0) is 16.0 Å². The van der Waals surface area contributed by atoms with E-state index in [2.05, 4.69) is 5.32 Å². The Morgan fingerprint density at radius 1 is 0.882 bits per heavy atom. The van der Waals surface area contributed by atoms with E-state index in [-0.39, 0.29) is 23.6 Å². The number of rotatable bonds is 5. The van der Waals surface area contributed by atoms with Gasteiger partial charge >= 0.3 is 5.97 Å². The van der Waals surface area contributed by atoms with Crippen molar-refractivity contribution >= 4 is 35.1 Å². The quantitative estimate of drug-likeness (QED) is 0.453.